The summed E-state index contributed by atoms with van der Waals surface area (Å²) in [6.45, 7) is 5.14. The normalized spacial score (nSPS) is 17.3. The van der Waals surface area contributed by atoms with Crippen molar-refractivity contribution in [1.29, 1.82) is 0 Å². The minimum absolute atomic E-state index is 0. The molecule has 4 nitrogen and oxygen atoms in total. The molecular formula is C17H27FIN3O. The Morgan fingerprint density at radius 3 is 2.65 bits per heavy atom. The van der Waals surface area contributed by atoms with E-state index in [1.54, 1.807) is 19.2 Å². The van der Waals surface area contributed by atoms with Crippen molar-refractivity contribution >= 4 is 29.9 Å². The minimum atomic E-state index is -0.183. The Hall–Kier alpha value is -0.890. The highest BCUT2D eigenvalue weighted by molar-refractivity contribution is 14.0. The van der Waals surface area contributed by atoms with E-state index in [0.29, 0.717) is 13.2 Å². The number of rotatable bonds is 5. The maximum absolute atomic E-state index is 13.6. The lowest BCUT2D eigenvalue weighted by molar-refractivity contribution is 0.0513. The van der Waals surface area contributed by atoms with Crippen LogP contribution in [-0.4, -0.2) is 39.3 Å². The smallest absolute Gasteiger partial charge is 0.191 e. The first-order valence-corrected chi connectivity index (χ1v) is 7.98. The third-order valence-corrected chi connectivity index (χ3v) is 4.25. The highest BCUT2D eigenvalue weighted by Gasteiger charge is 2.34. The van der Waals surface area contributed by atoms with Gasteiger partial charge in [-0.3, -0.25) is 4.99 Å². The molecule has 6 heteroatoms. The van der Waals surface area contributed by atoms with Gasteiger partial charge in [0.2, 0.25) is 0 Å². The van der Waals surface area contributed by atoms with Crippen LogP contribution in [0, 0.1) is 5.82 Å². The van der Waals surface area contributed by atoms with Gasteiger partial charge in [-0.15, -0.1) is 24.0 Å². The van der Waals surface area contributed by atoms with Crippen molar-refractivity contribution < 1.29 is 9.13 Å². The van der Waals surface area contributed by atoms with E-state index in [-0.39, 0.29) is 35.2 Å². The fourth-order valence-corrected chi connectivity index (χ4v) is 2.86. The van der Waals surface area contributed by atoms with Gasteiger partial charge >= 0.3 is 0 Å². The molecule has 0 atom stereocenters. The Labute approximate surface area is 155 Å². The fourth-order valence-electron chi connectivity index (χ4n) is 2.86. The Kier molecular flexibility index (Phi) is 8.83. The molecule has 1 saturated heterocycles. The van der Waals surface area contributed by atoms with E-state index in [1.165, 1.54) is 6.07 Å². The predicted molar refractivity (Wildman–Crippen MR) is 103 cm³/mol. The van der Waals surface area contributed by atoms with Crippen LogP contribution in [0.25, 0.3) is 0 Å². The summed E-state index contributed by atoms with van der Waals surface area (Å²) in [5, 5.41) is 6.67. The van der Waals surface area contributed by atoms with E-state index >= 15 is 0 Å². The van der Waals surface area contributed by atoms with Gasteiger partial charge in [-0.25, -0.2) is 4.39 Å². The summed E-state index contributed by atoms with van der Waals surface area (Å²) in [6, 6.07) is 6.94. The molecule has 1 aromatic rings. The predicted octanol–water partition coefficient (Wildman–Crippen LogP) is 3.07. The summed E-state index contributed by atoms with van der Waals surface area (Å²) in [4.78, 5) is 4.24. The molecule has 0 aromatic heterocycles. The standard InChI is InChI=1S/C17H26FN3O.HI/c1-3-9-20-16(19-2)21-13-17(7-10-22-11-8-17)14-5-4-6-15(18)12-14;/h4-6,12H,3,7-11,13H2,1-2H3,(H2,19,20,21);1H. The highest BCUT2D eigenvalue weighted by Crippen LogP contribution is 2.34. The summed E-state index contributed by atoms with van der Waals surface area (Å²) in [5.41, 5.74) is 0.929. The van der Waals surface area contributed by atoms with Crippen molar-refractivity contribution in [3.05, 3.63) is 35.6 Å². The number of hydrogen-bond acceptors (Lipinski definition) is 2. The number of guanidine groups is 1. The van der Waals surface area contributed by atoms with Crippen molar-refractivity contribution in [2.75, 3.05) is 33.4 Å². The lowest BCUT2D eigenvalue weighted by Crippen LogP contribution is -2.48. The number of nitrogens with zero attached hydrogens (tertiary/aromatic N) is 1. The number of ether oxygens (including phenoxy) is 1. The quantitative estimate of drug-likeness (QED) is 0.425. The summed E-state index contributed by atoms with van der Waals surface area (Å²) in [5.74, 6) is 0.612. The molecule has 130 valence electrons. The molecule has 1 aromatic carbocycles. The Morgan fingerprint density at radius 2 is 2.04 bits per heavy atom. The molecule has 1 fully saturated rings. The molecule has 0 saturated carbocycles. The molecule has 0 bridgehead atoms. The van der Waals surface area contributed by atoms with Crippen LogP contribution in [0.15, 0.2) is 29.3 Å². The van der Waals surface area contributed by atoms with Gasteiger partial charge in [-0.05, 0) is 37.0 Å². The van der Waals surface area contributed by atoms with Crippen LogP contribution in [0.1, 0.15) is 31.7 Å². The Balaban J connectivity index is 0.00000264. The van der Waals surface area contributed by atoms with Crippen LogP contribution in [0.4, 0.5) is 4.39 Å². The maximum Gasteiger partial charge on any atom is 0.191 e. The molecule has 2 N–H and O–H groups in total. The SMILES string of the molecule is CCCNC(=NC)NCC1(c2cccc(F)c2)CCOCC1.I. The van der Waals surface area contributed by atoms with Crippen molar-refractivity contribution in [2.24, 2.45) is 4.99 Å². The van der Waals surface area contributed by atoms with Crippen LogP contribution in [0.5, 0.6) is 0 Å². The van der Waals surface area contributed by atoms with E-state index < -0.39 is 0 Å². The van der Waals surface area contributed by atoms with E-state index in [0.717, 1.165) is 43.9 Å². The number of nitrogens with one attached hydrogen (secondary N) is 2. The zero-order chi connectivity index (χ0) is 15.8. The second kappa shape index (κ2) is 10.1. The lowest BCUT2D eigenvalue weighted by Gasteiger charge is -2.38. The summed E-state index contributed by atoms with van der Waals surface area (Å²) >= 11 is 0. The van der Waals surface area contributed by atoms with E-state index in [4.69, 9.17) is 4.74 Å². The van der Waals surface area contributed by atoms with E-state index in [2.05, 4.69) is 22.5 Å². The number of halogens is 2. The van der Waals surface area contributed by atoms with Crippen LogP contribution in [0.2, 0.25) is 0 Å². The van der Waals surface area contributed by atoms with E-state index in [9.17, 15) is 4.39 Å². The van der Waals surface area contributed by atoms with Crippen molar-refractivity contribution in [1.82, 2.24) is 10.6 Å². The topological polar surface area (TPSA) is 45.7 Å². The van der Waals surface area contributed by atoms with Gasteiger partial charge in [-0.2, -0.15) is 0 Å². The molecular weight excluding hydrogens is 408 g/mol. The van der Waals surface area contributed by atoms with Gasteiger partial charge in [0.15, 0.2) is 5.96 Å². The number of hydrogen-bond donors (Lipinski definition) is 2. The number of aliphatic imine (C=N–C) groups is 1. The third-order valence-electron chi connectivity index (χ3n) is 4.25. The van der Waals surface area contributed by atoms with Crippen LogP contribution < -0.4 is 10.6 Å². The maximum atomic E-state index is 13.6. The summed E-state index contributed by atoms with van der Waals surface area (Å²) < 4.78 is 19.1. The average Bonchev–Trinajstić information content (AvgIpc) is 2.56. The zero-order valence-corrected chi connectivity index (χ0v) is 16.2. The highest BCUT2D eigenvalue weighted by atomic mass is 127. The van der Waals surface area contributed by atoms with Crippen molar-refractivity contribution in [2.45, 2.75) is 31.6 Å². The van der Waals surface area contributed by atoms with E-state index in [1.807, 2.05) is 6.07 Å². The molecule has 2 rings (SSSR count). The fraction of sp³-hybridized carbons (Fsp3) is 0.588. The molecule has 1 aliphatic rings. The minimum Gasteiger partial charge on any atom is -0.381 e. The second-order valence-electron chi connectivity index (χ2n) is 5.76. The van der Waals surface area contributed by atoms with Gasteiger partial charge in [0.05, 0.1) is 0 Å². The first-order chi connectivity index (χ1) is 10.7. The molecule has 1 heterocycles. The van der Waals surface area contributed by atoms with Crippen LogP contribution in [-0.2, 0) is 10.2 Å². The Morgan fingerprint density at radius 1 is 1.30 bits per heavy atom. The van der Waals surface area contributed by atoms with Gasteiger partial charge in [0.25, 0.3) is 0 Å². The largest absolute Gasteiger partial charge is 0.381 e. The molecule has 0 aliphatic carbocycles. The molecule has 0 amide bonds. The van der Waals surface area contributed by atoms with Crippen LogP contribution in [0.3, 0.4) is 0 Å². The summed E-state index contributed by atoms with van der Waals surface area (Å²) in [7, 11) is 1.77. The lowest BCUT2D eigenvalue weighted by atomic mass is 9.74. The molecule has 0 spiro atoms. The number of benzene rings is 1. The van der Waals surface area contributed by atoms with Gasteiger partial charge in [0.1, 0.15) is 5.82 Å². The van der Waals surface area contributed by atoms with Gasteiger partial charge < -0.3 is 15.4 Å². The van der Waals surface area contributed by atoms with Crippen LogP contribution >= 0.6 is 24.0 Å². The molecule has 1 aliphatic heterocycles. The van der Waals surface area contributed by atoms with Crippen molar-refractivity contribution in [3.63, 3.8) is 0 Å². The van der Waals surface area contributed by atoms with Crippen molar-refractivity contribution in [3.8, 4) is 0 Å². The van der Waals surface area contributed by atoms with Gasteiger partial charge in [0, 0.05) is 38.8 Å². The zero-order valence-electron chi connectivity index (χ0n) is 13.9. The second-order valence-corrected chi connectivity index (χ2v) is 5.76. The Bertz CT molecular complexity index is 504. The average molecular weight is 435 g/mol. The first kappa shape index (κ1) is 20.2. The van der Waals surface area contributed by atoms with Gasteiger partial charge in [-0.1, -0.05) is 19.1 Å². The summed E-state index contributed by atoms with van der Waals surface area (Å²) in [6.07, 6.45) is 2.81. The molecule has 0 radical (unpaired) electrons. The molecule has 23 heavy (non-hydrogen) atoms. The monoisotopic (exact) mass is 435 g/mol. The third kappa shape index (κ3) is 5.60. The molecule has 0 unspecified atom stereocenters. The first-order valence-electron chi connectivity index (χ1n) is 7.98.